The molecule has 1 heterocycles. The van der Waals surface area contributed by atoms with Crippen LogP contribution in [-0.2, 0) is 13.0 Å². The van der Waals surface area contributed by atoms with Crippen LogP contribution in [0.15, 0.2) is 30.3 Å². The summed E-state index contributed by atoms with van der Waals surface area (Å²) in [6.45, 7) is 9.58. The largest absolute Gasteiger partial charge is 0.313 e. The first kappa shape index (κ1) is 15.8. The molecule has 2 rings (SSSR count). The number of benzene rings is 1. The Morgan fingerprint density at radius 2 is 1.76 bits per heavy atom. The Kier molecular flexibility index (Phi) is 5.18. The van der Waals surface area contributed by atoms with Crippen molar-refractivity contribution >= 4 is 0 Å². The van der Waals surface area contributed by atoms with Crippen LogP contribution in [0.4, 0.5) is 0 Å². The van der Waals surface area contributed by atoms with Gasteiger partial charge in [-0.25, -0.2) is 0 Å². The molecule has 0 aliphatic carbocycles. The van der Waals surface area contributed by atoms with Gasteiger partial charge in [-0.2, -0.15) is 5.10 Å². The Balaban J connectivity index is 2.19. The van der Waals surface area contributed by atoms with Crippen LogP contribution in [0.25, 0.3) is 0 Å². The van der Waals surface area contributed by atoms with Gasteiger partial charge in [0.2, 0.25) is 0 Å². The van der Waals surface area contributed by atoms with E-state index in [0.717, 1.165) is 18.7 Å². The van der Waals surface area contributed by atoms with E-state index in [1.54, 1.807) is 0 Å². The van der Waals surface area contributed by atoms with Gasteiger partial charge in [0.15, 0.2) is 0 Å². The normalized spacial score (nSPS) is 12.9. The Hall–Kier alpha value is -1.61. The van der Waals surface area contributed by atoms with Gasteiger partial charge in [0.25, 0.3) is 0 Å². The molecule has 0 aliphatic rings. The number of hydrogen-bond donors (Lipinski definition) is 1. The minimum Gasteiger partial charge on any atom is -0.313 e. The second-order valence-electron chi connectivity index (χ2n) is 5.96. The van der Waals surface area contributed by atoms with Crippen LogP contribution in [0, 0.1) is 6.92 Å². The topological polar surface area (TPSA) is 29.9 Å². The summed E-state index contributed by atoms with van der Waals surface area (Å²) in [5.74, 6) is 0.580. The van der Waals surface area contributed by atoms with Gasteiger partial charge in [-0.3, -0.25) is 4.68 Å². The highest BCUT2D eigenvalue weighted by molar-refractivity contribution is 5.28. The van der Waals surface area contributed by atoms with Crippen molar-refractivity contribution in [3.8, 4) is 0 Å². The van der Waals surface area contributed by atoms with E-state index < -0.39 is 0 Å². The maximum Gasteiger partial charge on any atom is 0.0596 e. The van der Waals surface area contributed by atoms with Gasteiger partial charge in [-0.1, -0.05) is 38.1 Å². The highest BCUT2D eigenvalue weighted by atomic mass is 15.3. The number of aromatic nitrogens is 2. The van der Waals surface area contributed by atoms with E-state index in [0.29, 0.717) is 12.0 Å². The van der Waals surface area contributed by atoms with Gasteiger partial charge in [0, 0.05) is 24.7 Å². The number of aryl methyl sites for hydroxylation is 2. The third kappa shape index (κ3) is 3.73. The van der Waals surface area contributed by atoms with Gasteiger partial charge in [-0.15, -0.1) is 0 Å². The summed E-state index contributed by atoms with van der Waals surface area (Å²) in [5.41, 5.74) is 5.12. The quantitative estimate of drug-likeness (QED) is 0.874. The number of nitrogens with zero attached hydrogens (tertiary/aromatic N) is 2. The van der Waals surface area contributed by atoms with E-state index in [2.05, 4.69) is 73.1 Å². The molecule has 1 aromatic heterocycles. The monoisotopic (exact) mass is 285 g/mol. The molecule has 2 aromatic rings. The molecule has 0 amide bonds. The lowest BCUT2D eigenvalue weighted by Gasteiger charge is -2.18. The lowest BCUT2D eigenvalue weighted by Crippen LogP contribution is -2.20. The van der Waals surface area contributed by atoms with E-state index in [-0.39, 0.29) is 0 Å². The fraction of sp³-hybridized carbons (Fsp3) is 0.500. The summed E-state index contributed by atoms with van der Waals surface area (Å²) in [7, 11) is 2.03. The second-order valence-corrected chi connectivity index (χ2v) is 5.96. The highest BCUT2D eigenvalue weighted by Crippen LogP contribution is 2.22. The number of rotatable bonds is 6. The molecule has 0 radical (unpaired) electrons. The van der Waals surface area contributed by atoms with Crippen LogP contribution in [-0.4, -0.2) is 16.8 Å². The predicted molar refractivity (Wildman–Crippen MR) is 88.7 cm³/mol. The molecule has 1 unspecified atom stereocenters. The average Bonchev–Trinajstić information content (AvgIpc) is 2.84. The Bertz CT molecular complexity index is 567. The van der Waals surface area contributed by atoms with Crippen molar-refractivity contribution in [3.05, 3.63) is 52.8 Å². The average molecular weight is 285 g/mol. The van der Waals surface area contributed by atoms with Crippen LogP contribution in [0.5, 0.6) is 0 Å². The summed E-state index contributed by atoms with van der Waals surface area (Å²) >= 11 is 0. The van der Waals surface area contributed by atoms with Crippen molar-refractivity contribution in [1.29, 1.82) is 0 Å². The Labute approximate surface area is 128 Å². The zero-order chi connectivity index (χ0) is 15.4. The lowest BCUT2D eigenvalue weighted by molar-refractivity contribution is 0.541. The van der Waals surface area contributed by atoms with E-state index >= 15 is 0 Å². The van der Waals surface area contributed by atoms with Crippen LogP contribution in [0.3, 0.4) is 0 Å². The van der Waals surface area contributed by atoms with Gasteiger partial charge < -0.3 is 5.32 Å². The van der Waals surface area contributed by atoms with Gasteiger partial charge in [0.05, 0.1) is 5.69 Å². The van der Waals surface area contributed by atoms with Crippen LogP contribution in [0.2, 0.25) is 0 Å². The van der Waals surface area contributed by atoms with Crippen molar-refractivity contribution in [2.75, 3.05) is 7.05 Å². The summed E-state index contributed by atoms with van der Waals surface area (Å²) in [5, 5.41) is 7.97. The smallest absolute Gasteiger partial charge is 0.0596 e. The summed E-state index contributed by atoms with van der Waals surface area (Å²) in [6.07, 6.45) is 0.964. The van der Waals surface area contributed by atoms with E-state index in [1.807, 2.05) is 7.05 Å². The first-order valence-corrected chi connectivity index (χ1v) is 7.85. The maximum absolute atomic E-state index is 4.54. The molecule has 1 atom stereocenters. The first-order valence-electron chi connectivity index (χ1n) is 7.85. The van der Waals surface area contributed by atoms with Crippen LogP contribution >= 0.6 is 0 Å². The molecular formula is C18H27N3. The Morgan fingerprint density at radius 1 is 1.14 bits per heavy atom. The fourth-order valence-corrected chi connectivity index (χ4v) is 2.75. The van der Waals surface area contributed by atoms with Gasteiger partial charge in [0.1, 0.15) is 0 Å². The number of hydrogen-bond acceptors (Lipinski definition) is 2. The zero-order valence-corrected chi connectivity index (χ0v) is 13.9. The van der Waals surface area contributed by atoms with Crippen LogP contribution in [0.1, 0.15) is 55.2 Å². The van der Waals surface area contributed by atoms with E-state index in [1.165, 1.54) is 16.8 Å². The van der Waals surface area contributed by atoms with E-state index in [9.17, 15) is 0 Å². The number of likely N-dealkylation sites (N-methyl/N-ethyl adjacent to an activating group) is 1. The summed E-state index contributed by atoms with van der Waals surface area (Å²) < 4.78 is 2.10. The lowest BCUT2D eigenvalue weighted by atomic mass is 9.97. The minimum absolute atomic E-state index is 0.326. The van der Waals surface area contributed by atoms with Crippen LogP contribution < -0.4 is 5.32 Å². The molecule has 114 valence electrons. The van der Waals surface area contributed by atoms with Gasteiger partial charge >= 0.3 is 0 Å². The maximum atomic E-state index is 4.54. The van der Waals surface area contributed by atoms with Crippen molar-refractivity contribution in [2.45, 2.75) is 52.6 Å². The first-order chi connectivity index (χ1) is 10.0. The van der Waals surface area contributed by atoms with Crippen molar-refractivity contribution in [2.24, 2.45) is 0 Å². The molecule has 0 spiro atoms. The molecule has 3 nitrogen and oxygen atoms in total. The molecule has 21 heavy (non-hydrogen) atoms. The standard InChI is InChI=1S/C18H27N3/c1-6-21-17(11-14(4)20-21)12-18(19-5)16-9-7-15(8-10-16)13(2)3/h7-11,13,18-19H,6,12H2,1-5H3. The molecule has 0 bridgehead atoms. The molecule has 0 saturated carbocycles. The highest BCUT2D eigenvalue weighted by Gasteiger charge is 2.14. The van der Waals surface area contributed by atoms with Gasteiger partial charge in [-0.05, 0) is 44.0 Å². The van der Waals surface area contributed by atoms with E-state index in [4.69, 9.17) is 0 Å². The molecule has 0 aliphatic heterocycles. The molecule has 3 heteroatoms. The molecule has 1 N–H and O–H groups in total. The predicted octanol–water partition coefficient (Wildman–Crippen LogP) is 3.84. The third-order valence-electron chi connectivity index (χ3n) is 4.05. The van der Waals surface area contributed by atoms with Crippen molar-refractivity contribution in [3.63, 3.8) is 0 Å². The summed E-state index contributed by atoms with van der Waals surface area (Å²) in [4.78, 5) is 0. The molecule has 0 saturated heterocycles. The van der Waals surface area contributed by atoms with Crippen molar-refractivity contribution in [1.82, 2.24) is 15.1 Å². The number of nitrogens with one attached hydrogen (secondary N) is 1. The SMILES string of the molecule is CCn1nc(C)cc1CC(NC)c1ccc(C(C)C)cc1. The fourth-order valence-electron chi connectivity index (χ4n) is 2.75. The molecule has 0 fully saturated rings. The zero-order valence-electron chi connectivity index (χ0n) is 13.9. The second kappa shape index (κ2) is 6.90. The van der Waals surface area contributed by atoms with Crippen molar-refractivity contribution < 1.29 is 0 Å². The molecule has 1 aromatic carbocycles. The molecular weight excluding hydrogens is 258 g/mol. The minimum atomic E-state index is 0.326. The summed E-state index contributed by atoms with van der Waals surface area (Å²) in [6, 6.07) is 11.5. The third-order valence-corrected chi connectivity index (χ3v) is 4.05. The Morgan fingerprint density at radius 3 is 2.29 bits per heavy atom.